The molecule has 1 unspecified atom stereocenters. The Hall–Kier alpha value is -4.33. The van der Waals surface area contributed by atoms with E-state index in [1.54, 1.807) is 24.3 Å². The second-order valence-corrected chi connectivity index (χ2v) is 8.22. The molecule has 0 bridgehead atoms. The van der Waals surface area contributed by atoms with Gasteiger partial charge in [-0.3, -0.25) is 9.59 Å². The van der Waals surface area contributed by atoms with E-state index in [1.165, 1.54) is 19.1 Å². The number of carboxylic acid groups (broad SMARTS) is 1. The van der Waals surface area contributed by atoms with Crippen LogP contribution in [0.2, 0.25) is 0 Å². The molecule has 180 valence electrons. The number of aliphatic carboxylic acids is 1. The smallest absolute Gasteiger partial charge is 0.407 e. The number of nitrogens with zero attached hydrogens (tertiary/aromatic N) is 1. The van der Waals surface area contributed by atoms with E-state index in [-0.39, 0.29) is 12.5 Å². The second kappa shape index (κ2) is 10.3. The number of methoxy groups -OCH3 is 1. The minimum absolute atomic E-state index is 0.0551. The molecular weight excluding hydrogens is 448 g/mol. The number of fused-ring (bicyclic) bond motifs is 3. The monoisotopic (exact) mass is 474 g/mol. The number of ether oxygens (including phenoxy) is 2. The Labute approximate surface area is 203 Å². The van der Waals surface area contributed by atoms with Crippen molar-refractivity contribution in [1.82, 2.24) is 5.32 Å². The molecule has 2 amide bonds. The highest BCUT2D eigenvalue weighted by molar-refractivity contribution is 6.00. The van der Waals surface area contributed by atoms with Crippen molar-refractivity contribution < 1.29 is 29.0 Å². The number of likely N-dealkylation sites (N-methyl/N-ethyl adjacent to an activating group) is 1. The van der Waals surface area contributed by atoms with Gasteiger partial charge in [-0.2, -0.15) is 0 Å². The zero-order chi connectivity index (χ0) is 24.9. The van der Waals surface area contributed by atoms with Crippen molar-refractivity contribution in [3.05, 3.63) is 83.9 Å². The predicted octanol–water partition coefficient (Wildman–Crippen LogP) is 4.04. The van der Waals surface area contributed by atoms with Crippen LogP contribution in [-0.4, -0.2) is 49.9 Å². The van der Waals surface area contributed by atoms with Crippen molar-refractivity contribution >= 4 is 23.7 Å². The van der Waals surface area contributed by atoms with Crippen LogP contribution < -0.4 is 15.0 Å². The Kier molecular flexibility index (Phi) is 7.01. The molecule has 0 aromatic heterocycles. The molecule has 8 nitrogen and oxygen atoms in total. The van der Waals surface area contributed by atoms with E-state index in [1.807, 2.05) is 48.5 Å². The third-order valence-electron chi connectivity index (χ3n) is 6.08. The number of alkyl carbamates (subject to hydrolysis) is 1. The summed E-state index contributed by atoms with van der Waals surface area (Å²) in [6.45, 7) is 0.0551. The predicted molar refractivity (Wildman–Crippen MR) is 131 cm³/mol. The zero-order valence-corrected chi connectivity index (χ0v) is 19.4. The molecule has 3 aromatic carbocycles. The topological polar surface area (TPSA) is 105 Å². The highest BCUT2D eigenvalue weighted by atomic mass is 16.5. The molecule has 0 heterocycles. The number of nitrogens with one attached hydrogen (secondary N) is 1. The third-order valence-corrected chi connectivity index (χ3v) is 6.08. The van der Waals surface area contributed by atoms with E-state index in [0.29, 0.717) is 11.4 Å². The van der Waals surface area contributed by atoms with Crippen LogP contribution in [0.25, 0.3) is 11.1 Å². The minimum Gasteiger partial charge on any atom is -0.497 e. The van der Waals surface area contributed by atoms with Crippen LogP contribution in [0.4, 0.5) is 10.5 Å². The largest absolute Gasteiger partial charge is 0.497 e. The number of hydrogen-bond acceptors (Lipinski definition) is 5. The van der Waals surface area contributed by atoms with E-state index in [9.17, 15) is 19.5 Å². The fourth-order valence-corrected chi connectivity index (χ4v) is 4.34. The molecule has 4 rings (SSSR count). The van der Waals surface area contributed by atoms with Crippen molar-refractivity contribution in [1.29, 1.82) is 0 Å². The number of amides is 2. The van der Waals surface area contributed by atoms with Gasteiger partial charge in [0, 0.05) is 24.7 Å². The first kappa shape index (κ1) is 23.8. The van der Waals surface area contributed by atoms with E-state index < -0.39 is 30.4 Å². The quantitative estimate of drug-likeness (QED) is 0.511. The molecule has 0 saturated heterocycles. The Morgan fingerprint density at radius 2 is 1.60 bits per heavy atom. The van der Waals surface area contributed by atoms with Gasteiger partial charge in [0.25, 0.3) is 0 Å². The zero-order valence-electron chi connectivity index (χ0n) is 19.4. The molecule has 1 aliphatic carbocycles. The van der Waals surface area contributed by atoms with Crippen molar-refractivity contribution in [2.24, 2.45) is 0 Å². The molecule has 35 heavy (non-hydrogen) atoms. The first-order valence-electron chi connectivity index (χ1n) is 11.1. The summed E-state index contributed by atoms with van der Waals surface area (Å²) in [6.07, 6.45) is -1.44. The fraction of sp³-hybridized carbons (Fsp3) is 0.222. The molecule has 1 aliphatic rings. The summed E-state index contributed by atoms with van der Waals surface area (Å²) < 4.78 is 10.7. The number of benzene rings is 3. The van der Waals surface area contributed by atoms with Gasteiger partial charge in [0.05, 0.1) is 13.5 Å². The fourth-order valence-electron chi connectivity index (χ4n) is 4.34. The molecule has 1 atom stereocenters. The molecule has 0 aliphatic heterocycles. The van der Waals surface area contributed by atoms with Crippen LogP contribution in [0.15, 0.2) is 72.8 Å². The van der Waals surface area contributed by atoms with Crippen LogP contribution in [-0.2, 0) is 14.3 Å². The van der Waals surface area contributed by atoms with Gasteiger partial charge in [0.2, 0.25) is 5.91 Å². The number of anilines is 1. The van der Waals surface area contributed by atoms with Gasteiger partial charge in [-0.25, -0.2) is 4.79 Å². The standard InChI is InChI=1S/C27H26N2O6/c1-29(17-8-7-9-18(14-17)34-2)26(32)24(15-25(30)31)28-27(33)35-16-23-21-12-5-3-10-19(21)20-11-4-6-13-22(20)23/h3-14,23-24H,15-16H2,1-2H3,(H,28,33)(H,30,31). The summed E-state index contributed by atoms with van der Waals surface area (Å²) in [7, 11) is 3.01. The molecule has 8 heteroatoms. The molecule has 3 aromatic rings. The maximum Gasteiger partial charge on any atom is 0.407 e. The Morgan fingerprint density at radius 1 is 0.971 bits per heavy atom. The lowest BCUT2D eigenvalue weighted by Crippen LogP contribution is -2.48. The Bertz CT molecular complexity index is 1210. The first-order chi connectivity index (χ1) is 16.9. The Balaban J connectivity index is 1.46. The van der Waals surface area contributed by atoms with E-state index in [2.05, 4.69) is 5.32 Å². The van der Waals surface area contributed by atoms with Crippen molar-refractivity contribution in [2.75, 3.05) is 25.7 Å². The van der Waals surface area contributed by atoms with Crippen molar-refractivity contribution in [3.8, 4) is 16.9 Å². The number of rotatable bonds is 8. The molecule has 2 N–H and O–H groups in total. The summed E-state index contributed by atoms with van der Waals surface area (Å²) in [5.41, 5.74) is 4.79. The Morgan fingerprint density at radius 3 is 2.20 bits per heavy atom. The molecule has 0 spiro atoms. The average Bonchev–Trinajstić information content (AvgIpc) is 3.19. The highest BCUT2D eigenvalue weighted by Crippen LogP contribution is 2.44. The van der Waals surface area contributed by atoms with E-state index >= 15 is 0 Å². The van der Waals surface area contributed by atoms with Crippen LogP contribution >= 0.6 is 0 Å². The van der Waals surface area contributed by atoms with Crippen molar-refractivity contribution in [2.45, 2.75) is 18.4 Å². The van der Waals surface area contributed by atoms with Gasteiger partial charge >= 0.3 is 12.1 Å². The average molecular weight is 475 g/mol. The molecule has 0 radical (unpaired) electrons. The summed E-state index contributed by atoms with van der Waals surface area (Å²) in [5, 5.41) is 11.8. The minimum atomic E-state index is -1.31. The van der Waals surface area contributed by atoms with Crippen molar-refractivity contribution in [3.63, 3.8) is 0 Å². The van der Waals surface area contributed by atoms with Crippen LogP contribution in [0.5, 0.6) is 5.75 Å². The third kappa shape index (κ3) is 5.11. The summed E-state index contributed by atoms with van der Waals surface area (Å²) in [4.78, 5) is 38.4. The summed E-state index contributed by atoms with van der Waals surface area (Å²) >= 11 is 0. The SMILES string of the molecule is COc1cccc(N(C)C(=O)C(CC(=O)O)NC(=O)OCC2c3ccccc3-c3ccccc32)c1. The van der Waals surface area contributed by atoms with Crippen LogP contribution in [0.3, 0.4) is 0 Å². The van der Waals surface area contributed by atoms with Gasteiger partial charge in [-0.05, 0) is 34.4 Å². The normalized spacial score (nSPS) is 12.7. The van der Waals surface area contributed by atoms with E-state index in [0.717, 1.165) is 22.3 Å². The maximum atomic E-state index is 13.1. The second-order valence-electron chi connectivity index (χ2n) is 8.22. The lowest BCUT2D eigenvalue weighted by Gasteiger charge is -2.24. The molecular formula is C27H26N2O6. The highest BCUT2D eigenvalue weighted by Gasteiger charge is 2.31. The summed E-state index contributed by atoms with van der Waals surface area (Å²) in [5.74, 6) is -1.42. The number of carboxylic acids is 1. The lowest BCUT2D eigenvalue weighted by molar-refractivity contribution is -0.139. The van der Waals surface area contributed by atoms with Crippen LogP contribution in [0.1, 0.15) is 23.5 Å². The first-order valence-corrected chi connectivity index (χ1v) is 11.1. The summed E-state index contributed by atoms with van der Waals surface area (Å²) in [6, 6.07) is 21.3. The maximum absolute atomic E-state index is 13.1. The van der Waals surface area contributed by atoms with Gasteiger partial charge in [0.15, 0.2) is 0 Å². The van der Waals surface area contributed by atoms with Gasteiger partial charge in [-0.1, -0.05) is 54.6 Å². The van der Waals surface area contributed by atoms with Gasteiger partial charge in [-0.15, -0.1) is 0 Å². The molecule has 0 saturated carbocycles. The molecule has 0 fully saturated rings. The van der Waals surface area contributed by atoms with Gasteiger partial charge in [0.1, 0.15) is 18.4 Å². The van der Waals surface area contributed by atoms with Crippen LogP contribution in [0, 0.1) is 0 Å². The number of carbonyl (C=O) groups is 3. The lowest BCUT2D eigenvalue weighted by atomic mass is 9.98. The van der Waals surface area contributed by atoms with E-state index in [4.69, 9.17) is 9.47 Å². The van der Waals surface area contributed by atoms with Gasteiger partial charge < -0.3 is 24.8 Å². The number of carbonyl (C=O) groups excluding carboxylic acids is 2. The number of hydrogen-bond donors (Lipinski definition) is 2.